The van der Waals surface area contributed by atoms with Gasteiger partial charge in [-0.25, -0.2) is 0 Å². The summed E-state index contributed by atoms with van der Waals surface area (Å²) >= 11 is 0. The minimum absolute atomic E-state index is 0.00873. The first-order valence-electron chi connectivity index (χ1n) is 7.38. The summed E-state index contributed by atoms with van der Waals surface area (Å²) in [6.07, 6.45) is 0. The van der Waals surface area contributed by atoms with Crippen LogP contribution in [0.5, 0.6) is 0 Å². The van der Waals surface area contributed by atoms with E-state index >= 15 is 0 Å². The predicted octanol–water partition coefficient (Wildman–Crippen LogP) is 1.78. The SMILES string of the molecule is O=C1c2ccccc2C(=O)N1OCCN1Nc2ccccc2N1[O-]. The lowest BCUT2D eigenvalue weighted by Crippen LogP contribution is -2.41. The highest BCUT2D eigenvalue weighted by Gasteiger charge is 2.36. The van der Waals surface area contributed by atoms with Gasteiger partial charge in [-0.05, 0) is 24.3 Å². The maximum Gasteiger partial charge on any atom is 0.285 e. The van der Waals surface area contributed by atoms with Crippen LogP contribution >= 0.6 is 0 Å². The Kier molecular flexibility index (Phi) is 3.42. The number of anilines is 2. The van der Waals surface area contributed by atoms with Gasteiger partial charge in [0.05, 0.1) is 35.7 Å². The van der Waals surface area contributed by atoms with Crippen LogP contribution in [0.15, 0.2) is 48.5 Å². The second-order valence-corrected chi connectivity index (χ2v) is 5.31. The lowest BCUT2D eigenvalue weighted by Gasteiger charge is -2.34. The number of nitrogens with one attached hydrogen (secondary N) is 1. The van der Waals surface area contributed by atoms with E-state index in [2.05, 4.69) is 5.43 Å². The van der Waals surface area contributed by atoms with Gasteiger partial charge in [0, 0.05) is 0 Å². The van der Waals surface area contributed by atoms with E-state index < -0.39 is 11.8 Å². The Labute approximate surface area is 137 Å². The van der Waals surface area contributed by atoms with Crippen molar-refractivity contribution in [2.75, 3.05) is 23.7 Å². The van der Waals surface area contributed by atoms with Crippen LogP contribution in [0.3, 0.4) is 0 Å². The van der Waals surface area contributed by atoms with Gasteiger partial charge in [0.15, 0.2) is 0 Å². The molecule has 0 fully saturated rings. The molecule has 0 unspecified atom stereocenters. The standard InChI is InChI=1S/C16H13N4O4/c21-15-11-5-1-2-6-12(11)16(22)19(15)24-10-9-18-17-13-7-3-4-8-14(13)20(18)23/h1-8,17H,9-10H2/q-1. The van der Waals surface area contributed by atoms with E-state index in [1.165, 1.54) is 5.12 Å². The summed E-state index contributed by atoms with van der Waals surface area (Å²) in [7, 11) is 0. The van der Waals surface area contributed by atoms with Crippen molar-refractivity contribution in [3.63, 3.8) is 0 Å². The highest BCUT2D eigenvalue weighted by molar-refractivity contribution is 6.20. The third-order valence-electron chi connectivity index (χ3n) is 3.86. The maximum absolute atomic E-state index is 12.2. The first-order valence-corrected chi connectivity index (χ1v) is 7.38. The summed E-state index contributed by atoms with van der Waals surface area (Å²) in [5.74, 6) is -0.987. The third kappa shape index (κ3) is 2.21. The summed E-state index contributed by atoms with van der Waals surface area (Å²) in [5.41, 5.74) is 4.75. The van der Waals surface area contributed by atoms with Crippen molar-refractivity contribution in [3.8, 4) is 0 Å². The van der Waals surface area contributed by atoms with Crippen molar-refractivity contribution in [1.29, 1.82) is 0 Å². The molecule has 2 aliphatic rings. The fourth-order valence-electron chi connectivity index (χ4n) is 2.70. The van der Waals surface area contributed by atoms with E-state index in [0.717, 1.165) is 5.06 Å². The Bertz CT molecular complexity index is 790. The predicted molar refractivity (Wildman–Crippen MR) is 85.5 cm³/mol. The number of hydrogen-bond acceptors (Lipinski definition) is 7. The number of nitrogens with zero attached hydrogens (tertiary/aromatic N) is 3. The van der Waals surface area contributed by atoms with Crippen LogP contribution in [0.4, 0.5) is 11.4 Å². The molecule has 2 aromatic carbocycles. The quantitative estimate of drug-likeness (QED) is 0.857. The van der Waals surface area contributed by atoms with E-state index in [0.29, 0.717) is 27.7 Å². The molecule has 8 nitrogen and oxygen atoms in total. The van der Waals surface area contributed by atoms with E-state index in [1.54, 1.807) is 42.5 Å². The molecule has 0 radical (unpaired) electrons. The molecule has 2 heterocycles. The Balaban J connectivity index is 1.38. The van der Waals surface area contributed by atoms with Gasteiger partial charge in [0.2, 0.25) is 0 Å². The number of fused-ring (bicyclic) bond motifs is 2. The molecular formula is C16H13N4O4-. The number of para-hydroxylation sites is 2. The van der Waals surface area contributed by atoms with Crippen LogP contribution in [0.1, 0.15) is 20.7 Å². The Morgan fingerprint density at radius 1 is 0.958 bits per heavy atom. The molecule has 0 bridgehead atoms. The van der Waals surface area contributed by atoms with E-state index in [1.807, 2.05) is 6.07 Å². The van der Waals surface area contributed by atoms with Crippen molar-refractivity contribution in [3.05, 3.63) is 64.9 Å². The highest BCUT2D eigenvalue weighted by atomic mass is 16.7. The molecular weight excluding hydrogens is 312 g/mol. The average molecular weight is 325 g/mol. The summed E-state index contributed by atoms with van der Waals surface area (Å²) < 4.78 is 0. The van der Waals surface area contributed by atoms with Gasteiger partial charge in [-0.3, -0.25) is 19.9 Å². The van der Waals surface area contributed by atoms with Crippen molar-refractivity contribution < 1.29 is 14.4 Å². The van der Waals surface area contributed by atoms with Crippen LogP contribution in [0.25, 0.3) is 0 Å². The summed E-state index contributed by atoms with van der Waals surface area (Å²) in [4.78, 5) is 29.6. The van der Waals surface area contributed by atoms with Gasteiger partial charge in [-0.15, -0.1) is 10.2 Å². The van der Waals surface area contributed by atoms with Crippen LogP contribution < -0.4 is 10.6 Å². The topological polar surface area (TPSA) is 88.2 Å². The Morgan fingerprint density at radius 3 is 2.25 bits per heavy atom. The van der Waals surface area contributed by atoms with E-state index in [-0.39, 0.29) is 13.2 Å². The summed E-state index contributed by atoms with van der Waals surface area (Å²) in [5, 5.41) is 14.9. The van der Waals surface area contributed by atoms with Crippen LogP contribution in [-0.2, 0) is 4.84 Å². The monoisotopic (exact) mass is 325 g/mol. The molecule has 24 heavy (non-hydrogen) atoms. The molecule has 8 heteroatoms. The van der Waals surface area contributed by atoms with Gasteiger partial charge in [-0.1, -0.05) is 24.3 Å². The van der Waals surface area contributed by atoms with Crippen LogP contribution in [-0.4, -0.2) is 35.1 Å². The molecule has 0 saturated carbocycles. The number of imide groups is 1. The summed E-state index contributed by atoms with van der Waals surface area (Å²) in [6.45, 7) is 0.150. The first kappa shape index (κ1) is 14.6. The highest BCUT2D eigenvalue weighted by Crippen LogP contribution is 2.32. The number of carbonyl (C=O) groups excluding carboxylic acids is 2. The van der Waals surface area contributed by atoms with Crippen molar-refractivity contribution in [1.82, 2.24) is 10.2 Å². The minimum atomic E-state index is -0.493. The van der Waals surface area contributed by atoms with E-state index in [4.69, 9.17) is 4.84 Å². The van der Waals surface area contributed by atoms with Crippen LogP contribution in [0, 0.1) is 5.21 Å². The normalized spacial score (nSPS) is 16.4. The van der Waals surface area contributed by atoms with Gasteiger partial charge >= 0.3 is 0 Å². The Hall–Kier alpha value is -2.94. The molecule has 0 atom stereocenters. The van der Waals surface area contributed by atoms with Gasteiger partial charge in [0.1, 0.15) is 0 Å². The molecule has 0 aromatic heterocycles. The lowest BCUT2D eigenvalue weighted by atomic mass is 10.1. The molecule has 2 aliphatic heterocycles. The smallest absolute Gasteiger partial charge is 0.285 e. The third-order valence-corrected chi connectivity index (χ3v) is 3.86. The van der Waals surface area contributed by atoms with Gasteiger partial charge in [0.25, 0.3) is 11.8 Å². The van der Waals surface area contributed by atoms with Crippen LogP contribution in [0.2, 0.25) is 0 Å². The molecule has 0 aliphatic carbocycles. The molecule has 4 rings (SSSR count). The number of benzene rings is 2. The fourth-order valence-corrected chi connectivity index (χ4v) is 2.70. The Morgan fingerprint density at radius 2 is 1.58 bits per heavy atom. The number of amides is 2. The minimum Gasteiger partial charge on any atom is -0.742 e. The number of hydroxylamine groups is 2. The largest absolute Gasteiger partial charge is 0.742 e. The number of hydrazine groups is 2. The zero-order valence-corrected chi connectivity index (χ0v) is 12.5. The maximum atomic E-state index is 12.2. The van der Waals surface area contributed by atoms with E-state index in [9.17, 15) is 14.8 Å². The molecule has 2 aromatic rings. The molecule has 2 amide bonds. The van der Waals surface area contributed by atoms with Gasteiger partial charge < -0.3 is 10.4 Å². The van der Waals surface area contributed by atoms with Crippen molar-refractivity contribution >= 4 is 23.2 Å². The fraction of sp³-hybridized carbons (Fsp3) is 0.125. The van der Waals surface area contributed by atoms with Gasteiger partial charge in [-0.2, -0.15) is 0 Å². The zero-order chi connectivity index (χ0) is 16.7. The zero-order valence-electron chi connectivity index (χ0n) is 12.5. The molecule has 122 valence electrons. The van der Waals surface area contributed by atoms with Crippen molar-refractivity contribution in [2.45, 2.75) is 0 Å². The number of rotatable bonds is 4. The second kappa shape index (κ2) is 5.60. The van der Waals surface area contributed by atoms with Crippen molar-refractivity contribution in [2.24, 2.45) is 0 Å². The molecule has 0 spiro atoms. The average Bonchev–Trinajstić information content (AvgIpc) is 3.05. The number of carbonyl (C=O) groups is 2. The first-order chi connectivity index (χ1) is 11.7. The summed E-state index contributed by atoms with van der Waals surface area (Å²) in [6, 6.07) is 13.6. The lowest BCUT2D eigenvalue weighted by molar-refractivity contribution is -0.0945. The molecule has 1 N–H and O–H groups in total. The second-order valence-electron chi connectivity index (χ2n) is 5.31. The number of hydrogen-bond donors (Lipinski definition) is 1. The molecule has 0 saturated heterocycles.